The Hall–Kier alpha value is -0.910. The molecule has 3 heterocycles. The molecule has 1 atom stereocenters. The second kappa shape index (κ2) is 5.07. The number of aromatic nitrogens is 2. The number of thiazole rings is 1. The van der Waals surface area contributed by atoms with Gasteiger partial charge in [0, 0.05) is 49.0 Å². The van der Waals surface area contributed by atoms with Gasteiger partial charge in [-0.1, -0.05) is 20.8 Å². The molecule has 0 aromatic carbocycles. The Morgan fingerprint density at radius 2 is 2.19 bits per heavy atom. The first-order chi connectivity index (χ1) is 9.74. The van der Waals surface area contributed by atoms with Gasteiger partial charge in [-0.25, -0.2) is 4.98 Å². The maximum absolute atomic E-state index is 4.75. The largest absolute Gasteiger partial charge is 0.309 e. The normalized spacial score (nSPS) is 23.8. The molecule has 1 N–H and O–H groups in total. The van der Waals surface area contributed by atoms with Crippen LogP contribution in [0.1, 0.15) is 40.3 Å². The molecule has 1 fully saturated rings. The standard InChI is InChI=1S/C16H26N4S/c1-15(2,3)13-8-17-16(4,5)11-20(13)10-12-9-19-6-7-21-14(19)18-12/h6-7,9,13,17H,8,10-11H2,1-5H3. The Kier molecular flexibility index (Phi) is 3.62. The second-order valence-electron chi connectivity index (χ2n) is 7.88. The van der Waals surface area contributed by atoms with Crippen LogP contribution in [-0.4, -0.2) is 39.0 Å². The highest BCUT2D eigenvalue weighted by atomic mass is 32.1. The number of fused-ring (bicyclic) bond motifs is 1. The third-order valence-corrected chi connectivity index (χ3v) is 5.09. The molecule has 4 nitrogen and oxygen atoms in total. The average Bonchev–Trinajstić information content (AvgIpc) is 2.86. The first kappa shape index (κ1) is 15.0. The van der Waals surface area contributed by atoms with Gasteiger partial charge in [-0.2, -0.15) is 0 Å². The zero-order valence-corrected chi connectivity index (χ0v) is 14.5. The van der Waals surface area contributed by atoms with Crippen molar-refractivity contribution in [2.24, 2.45) is 5.41 Å². The zero-order valence-electron chi connectivity index (χ0n) is 13.7. The molecule has 0 saturated carbocycles. The van der Waals surface area contributed by atoms with Crippen molar-refractivity contribution in [2.75, 3.05) is 13.1 Å². The highest BCUT2D eigenvalue weighted by Gasteiger charge is 2.38. The lowest BCUT2D eigenvalue weighted by Crippen LogP contribution is -2.64. The molecule has 1 unspecified atom stereocenters. The van der Waals surface area contributed by atoms with E-state index in [1.165, 1.54) is 5.69 Å². The maximum atomic E-state index is 4.75. The van der Waals surface area contributed by atoms with E-state index in [9.17, 15) is 0 Å². The van der Waals surface area contributed by atoms with Gasteiger partial charge in [-0.05, 0) is 19.3 Å². The molecule has 1 aliphatic rings. The minimum Gasteiger partial charge on any atom is -0.309 e. The summed E-state index contributed by atoms with van der Waals surface area (Å²) in [6.45, 7) is 14.6. The van der Waals surface area contributed by atoms with Gasteiger partial charge >= 0.3 is 0 Å². The lowest BCUT2D eigenvalue weighted by Gasteiger charge is -2.49. The Bertz CT molecular complexity index is 591. The molecule has 0 bridgehead atoms. The topological polar surface area (TPSA) is 32.6 Å². The highest BCUT2D eigenvalue weighted by molar-refractivity contribution is 7.15. The number of hydrogen-bond donors (Lipinski definition) is 1. The Morgan fingerprint density at radius 1 is 1.43 bits per heavy atom. The third kappa shape index (κ3) is 3.15. The molecular weight excluding hydrogens is 280 g/mol. The van der Waals surface area contributed by atoms with Crippen LogP contribution in [0.5, 0.6) is 0 Å². The summed E-state index contributed by atoms with van der Waals surface area (Å²) in [4.78, 5) is 8.44. The number of imidazole rings is 1. The van der Waals surface area contributed by atoms with E-state index < -0.39 is 0 Å². The van der Waals surface area contributed by atoms with Crippen LogP contribution in [-0.2, 0) is 6.54 Å². The fourth-order valence-corrected chi connectivity index (χ4v) is 3.98. The van der Waals surface area contributed by atoms with E-state index in [0.29, 0.717) is 6.04 Å². The Labute approximate surface area is 131 Å². The Morgan fingerprint density at radius 3 is 2.86 bits per heavy atom. The number of nitrogens with zero attached hydrogens (tertiary/aromatic N) is 3. The average molecular weight is 306 g/mol. The van der Waals surface area contributed by atoms with Crippen molar-refractivity contribution in [3.05, 3.63) is 23.5 Å². The number of nitrogens with one attached hydrogen (secondary N) is 1. The first-order valence-electron chi connectivity index (χ1n) is 7.65. The third-order valence-electron chi connectivity index (χ3n) is 4.32. The SMILES string of the molecule is CC1(C)CN(Cc2cn3ccsc3n2)C(C(C)(C)C)CN1. The quantitative estimate of drug-likeness (QED) is 0.926. The highest BCUT2D eigenvalue weighted by Crippen LogP contribution is 2.30. The minimum atomic E-state index is 0.166. The van der Waals surface area contributed by atoms with E-state index in [0.717, 1.165) is 24.6 Å². The molecule has 1 saturated heterocycles. The summed E-state index contributed by atoms with van der Waals surface area (Å²) in [5.41, 5.74) is 1.60. The van der Waals surface area contributed by atoms with Gasteiger partial charge < -0.3 is 5.32 Å². The molecule has 3 rings (SSSR count). The number of piperazine rings is 1. The van der Waals surface area contributed by atoms with Crippen molar-refractivity contribution in [3.8, 4) is 0 Å². The van der Waals surface area contributed by atoms with Crippen LogP contribution in [0.2, 0.25) is 0 Å². The van der Waals surface area contributed by atoms with E-state index in [1.807, 2.05) is 0 Å². The summed E-state index contributed by atoms with van der Waals surface area (Å²) >= 11 is 1.70. The maximum Gasteiger partial charge on any atom is 0.193 e. The fraction of sp³-hybridized carbons (Fsp3) is 0.688. The van der Waals surface area contributed by atoms with Gasteiger partial charge in [0.1, 0.15) is 0 Å². The van der Waals surface area contributed by atoms with Crippen LogP contribution in [0.15, 0.2) is 17.8 Å². The second-order valence-corrected chi connectivity index (χ2v) is 8.75. The van der Waals surface area contributed by atoms with E-state index in [-0.39, 0.29) is 11.0 Å². The van der Waals surface area contributed by atoms with Gasteiger partial charge in [0.05, 0.1) is 5.69 Å². The van der Waals surface area contributed by atoms with Crippen molar-refractivity contribution < 1.29 is 0 Å². The van der Waals surface area contributed by atoms with Crippen molar-refractivity contribution in [3.63, 3.8) is 0 Å². The van der Waals surface area contributed by atoms with Crippen LogP contribution in [0.4, 0.5) is 0 Å². The summed E-state index contributed by atoms with van der Waals surface area (Å²) in [7, 11) is 0. The molecule has 2 aromatic rings. The molecule has 116 valence electrons. The molecule has 1 aliphatic heterocycles. The van der Waals surface area contributed by atoms with Gasteiger partial charge in [0.2, 0.25) is 0 Å². The van der Waals surface area contributed by atoms with E-state index >= 15 is 0 Å². The van der Waals surface area contributed by atoms with E-state index in [2.05, 4.69) is 67.0 Å². The smallest absolute Gasteiger partial charge is 0.193 e. The molecule has 0 spiro atoms. The summed E-state index contributed by atoms with van der Waals surface area (Å²) < 4.78 is 2.12. The lowest BCUT2D eigenvalue weighted by atomic mass is 9.82. The lowest BCUT2D eigenvalue weighted by molar-refractivity contribution is 0.0264. The van der Waals surface area contributed by atoms with Crippen LogP contribution in [0.25, 0.3) is 4.96 Å². The van der Waals surface area contributed by atoms with Crippen molar-refractivity contribution in [1.82, 2.24) is 19.6 Å². The number of rotatable bonds is 2. The first-order valence-corrected chi connectivity index (χ1v) is 8.53. The molecular formula is C16H26N4S. The van der Waals surface area contributed by atoms with Gasteiger partial charge in [-0.15, -0.1) is 11.3 Å². The predicted octanol–water partition coefficient (Wildman–Crippen LogP) is 2.99. The van der Waals surface area contributed by atoms with Crippen LogP contribution >= 0.6 is 11.3 Å². The summed E-state index contributed by atoms with van der Waals surface area (Å²) in [5.74, 6) is 0. The molecule has 2 aromatic heterocycles. The summed E-state index contributed by atoms with van der Waals surface area (Å²) in [6.07, 6.45) is 4.25. The fourth-order valence-electron chi connectivity index (χ4n) is 3.26. The van der Waals surface area contributed by atoms with E-state index in [1.54, 1.807) is 11.3 Å². The molecule has 0 aliphatic carbocycles. The van der Waals surface area contributed by atoms with Gasteiger partial charge in [0.15, 0.2) is 4.96 Å². The van der Waals surface area contributed by atoms with E-state index in [4.69, 9.17) is 4.98 Å². The molecule has 0 radical (unpaired) electrons. The molecule has 0 amide bonds. The van der Waals surface area contributed by atoms with Gasteiger partial charge in [-0.3, -0.25) is 9.30 Å². The van der Waals surface area contributed by atoms with Crippen molar-refractivity contribution >= 4 is 16.3 Å². The van der Waals surface area contributed by atoms with Crippen molar-refractivity contribution in [2.45, 2.75) is 52.7 Å². The minimum absolute atomic E-state index is 0.166. The summed E-state index contributed by atoms with van der Waals surface area (Å²) in [5, 5.41) is 5.77. The number of hydrogen-bond acceptors (Lipinski definition) is 4. The molecule has 5 heteroatoms. The predicted molar refractivity (Wildman–Crippen MR) is 88.8 cm³/mol. The molecule has 21 heavy (non-hydrogen) atoms. The zero-order chi connectivity index (χ0) is 15.3. The van der Waals surface area contributed by atoms with Gasteiger partial charge in [0.25, 0.3) is 0 Å². The Balaban J connectivity index is 1.83. The van der Waals surface area contributed by atoms with Crippen LogP contribution in [0, 0.1) is 5.41 Å². The van der Waals surface area contributed by atoms with Crippen LogP contribution in [0.3, 0.4) is 0 Å². The van der Waals surface area contributed by atoms with Crippen molar-refractivity contribution in [1.29, 1.82) is 0 Å². The van der Waals surface area contributed by atoms with Crippen LogP contribution < -0.4 is 5.32 Å². The summed E-state index contributed by atoms with van der Waals surface area (Å²) in [6, 6.07) is 0.533. The monoisotopic (exact) mass is 306 g/mol.